The molecule has 2 aromatic carbocycles. The van der Waals surface area contributed by atoms with Gasteiger partial charge in [-0.1, -0.05) is 43.3 Å². The Kier molecular flexibility index (Phi) is 4.51. The van der Waals surface area contributed by atoms with Crippen molar-refractivity contribution in [3.05, 3.63) is 59.7 Å². The Hall–Kier alpha value is -1.45. The number of hydrogen-bond acceptors (Lipinski definition) is 3. The van der Waals surface area contributed by atoms with Crippen LogP contribution >= 0.6 is 11.8 Å². The smallest absolute Gasteiger partial charge is 0.132 e. The molecule has 0 radical (unpaired) electrons. The summed E-state index contributed by atoms with van der Waals surface area (Å²) in [6.45, 7) is 3.30. The quantitative estimate of drug-likeness (QED) is 0.880. The summed E-state index contributed by atoms with van der Waals surface area (Å²) >= 11 is 1.90. The Bertz CT molecular complexity index is 568. The lowest BCUT2D eigenvalue weighted by atomic mass is 9.94. The van der Waals surface area contributed by atoms with Gasteiger partial charge in [0.2, 0.25) is 0 Å². The van der Waals surface area contributed by atoms with Crippen molar-refractivity contribution in [3.8, 4) is 11.5 Å². The second-order valence-electron chi connectivity index (χ2n) is 5.58. The van der Waals surface area contributed by atoms with Gasteiger partial charge in [0.15, 0.2) is 0 Å². The van der Waals surface area contributed by atoms with E-state index in [1.807, 2.05) is 36.0 Å². The van der Waals surface area contributed by atoms with Gasteiger partial charge < -0.3 is 10.1 Å². The van der Waals surface area contributed by atoms with E-state index in [-0.39, 0.29) is 6.04 Å². The van der Waals surface area contributed by atoms with E-state index in [0.717, 1.165) is 18.0 Å². The lowest BCUT2D eigenvalue weighted by Gasteiger charge is -2.29. The van der Waals surface area contributed by atoms with Gasteiger partial charge in [0, 0.05) is 11.1 Å². The van der Waals surface area contributed by atoms with Crippen LogP contribution in [0.3, 0.4) is 0 Å². The maximum Gasteiger partial charge on any atom is 0.132 e. The minimum absolute atomic E-state index is 0.218. The predicted octanol–water partition coefficient (Wildman–Crippen LogP) is 4.47. The summed E-state index contributed by atoms with van der Waals surface area (Å²) < 4.78 is 6.02. The second kappa shape index (κ2) is 6.54. The third-order valence-electron chi connectivity index (χ3n) is 3.80. The van der Waals surface area contributed by atoms with Crippen molar-refractivity contribution >= 4 is 11.8 Å². The Balaban J connectivity index is 1.88. The van der Waals surface area contributed by atoms with E-state index in [1.54, 1.807) is 0 Å². The van der Waals surface area contributed by atoms with Crippen LogP contribution < -0.4 is 10.1 Å². The van der Waals surface area contributed by atoms with Crippen LogP contribution in [-0.2, 0) is 0 Å². The van der Waals surface area contributed by atoms with E-state index in [2.05, 4.69) is 42.8 Å². The van der Waals surface area contributed by atoms with Gasteiger partial charge in [0.25, 0.3) is 0 Å². The summed E-state index contributed by atoms with van der Waals surface area (Å²) in [6.07, 6.45) is 2.16. The van der Waals surface area contributed by atoms with Gasteiger partial charge in [-0.15, -0.1) is 0 Å². The summed E-state index contributed by atoms with van der Waals surface area (Å²) in [5, 5.41) is 3.73. The van der Waals surface area contributed by atoms with Crippen molar-refractivity contribution in [2.24, 2.45) is 5.92 Å². The summed E-state index contributed by atoms with van der Waals surface area (Å²) in [5.74, 6) is 3.76. The number of fused-ring (bicyclic) bond motifs is 2. The monoisotopic (exact) mass is 299 g/mol. The molecule has 21 heavy (non-hydrogen) atoms. The van der Waals surface area contributed by atoms with Crippen LogP contribution in [0.1, 0.15) is 24.1 Å². The van der Waals surface area contributed by atoms with Gasteiger partial charge in [0.05, 0.1) is 6.04 Å². The Morgan fingerprint density at radius 3 is 2.19 bits per heavy atom. The number of ether oxygens (including phenoxy) is 1. The molecule has 1 aliphatic heterocycles. The second-order valence-corrected chi connectivity index (χ2v) is 6.49. The fourth-order valence-corrected chi connectivity index (χ4v) is 3.48. The molecule has 2 aromatic rings. The highest BCUT2D eigenvalue weighted by Crippen LogP contribution is 2.42. The molecule has 1 N–H and O–H groups in total. The van der Waals surface area contributed by atoms with Crippen LogP contribution in [0.5, 0.6) is 11.5 Å². The highest BCUT2D eigenvalue weighted by molar-refractivity contribution is 7.98. The molecule has 1 heterocycles. The lowest BCUT2D eigenvalue weighted by molar-refractivity contribution is 0.419. The molecule has 1 aliphatic rings. The molecule has 0 spiro atoms. The molecule has 0 aromatic heterocycles. The van der Waals surface area contributed by atoms with Crippen LogP contribution in [0, 0.1) is 5.92 Å². The normalized spacial score (nSPS) is 15.0. The molecular formula is C18H21NOS. The molecule has 0 bridgehead atoms. The number of rotatable bonds is 5. The van der Waals surface area contributed by atoms with Crippen molar-refractivity contribution < 1.29 is 4.74 Å². The molecule has 0 amide bonds. The Morgan fingerprint density at radius 1 is 1.05 bits per heavy atom. The van der Waals surface area contributed by atoms with Crippen molar-refractivity contribution in [2.75, 3.05) is 18.6 Å². The average Bonchev–Trinajstić information content (AvgIpc) is 2.51. The first-order valence-corrected chi connectivity index (χ1v) is 8.77. The molecule has 0 aliphatic carbocycles. The first-order valence-electron chi connectivity index (χ1n) is 7.37. The topological polar surface area (TPSA) is 21.3 Å². The van der Waals surface area contributed by atoms with Crippen molar-refractivity contribution in [1.29, 1.82) is 0 Å². The molecule has 0 saturated heterocycles. The average molecular weight is 299 g/mol. The van der Waals surface area contributed by atoms with Crippen LogP contribution in [-0.4, -0.2) is 18.6 Å². The molecule has 0 fully saturated rings. The van der Waals surface area contributed by atoms with Crippen molar-refractivity contribution in [2.45, 2.75) is 13.0 Å². The van der Waals surface area contributed by atoms with E-state index in [9.17, 15) is 0 Å². The molecule has 0 saturated carbocycles. The molecule has 1 unspecified atom stereocenters. The van der Waals surface area contributed by atoms with E-state index in [4.69, 9.17) is 4.74 Å². The first-order chi connectivity index (χ1) is 10.3. The minimum Gasteiger partial charge on any atom is -0.457 e. The maximum atomic E-state index is 6.02. The van der Waals surface area contributed by atoms with E-state index in [0.29, 0.717) is 5.92 Å². The standard InChI is InChI=1S/C18H21NOS/c1-13(12-21-2)11-19-18-14-7-3-5-9-16(14)20-17-10-6-4-8-15(17)18/h3-10,13,18-19H,11-12H2,1-2H3. The molecular weight excluding hydrogens is 278 g/mol. The summed E-state index contributed by atoms with van der Waals surface area (Å²) in [7, 11) is 0. The van der Waals surface area contributed by atoms with Crippen molar-refractivity contribution in [3.63, 3.8) is 0 Å². The highest BCUT2D eigenvalue weighted by Gasteiger charge is 2.26. The number of para-hydroxylation sites is 2. The Morgan fingerprint density at radius 2 is 1.62 bits per heavy atom. The fraction of sp³-hybridized carbons (Fsp3) is 0.333. The zero-order valence-electron chi connectivity index (χ0n) is 12.5. The molecule has 1 atom stereocenters. The number of nitrogens with one attached hydrogen (secondary N) is 1. The van der Waals surface area contributed by atoms with Crippen LogP contribution in [0.4, 0.5) is 0 Å². The predicted molar refractivity (Wildman–Crippen MR) is 90.3 cm³/mol. The van der Waals surface area contributed by atoms with Gasteiger partial charge in [-0.05, 0) is 36.6 Å². The lowest BCUT2D eigenvalue weighted by Crippen LogP contribution is -2.30. The number of hydrogen-bond donors (Lipinski definition) is 1. The van der Waals surface area contributed by atoms with Crippen LogP contribution in [0.2, 0.25) is 0 Å². The van der Waals surface area contributed by atoms with E-state index < -0.39 is 0 Å². The van der Waals surface area contributed by atoms with Crippen LogP contribution in [0.25, 0.3) is 0 Å². The van der Waals surface area contributed by atoms with Gasteiger partial charge in [0.1, 0.15) is 11.5 Å². The molecule has 3 heteroatoms. The van der Waals surface area contributed by atoms with Gasteiger partial charge in [-0.2, -0.15) is 11.8 Å². The first kappa shape index (κ1) is 14.5. The minimum atomic E-state index is 0.218. The van der Waals surface area contributed by atoms with E-state index in [1.165, 1.54) is 16.9 Å². The third-order valence-corrected chi connectivity index (χ3v) is 4.70. The fourth-order valence-electron chi connectivity index (χ4n) is 2.79. The summed E-state index contributed by atoms with van der Waals surface area (Å²) in [6, 6.07) is 16.8. The van der Waals surface area contributed by atoms with Gasteiger partial charge in [-0.25, -0.2) is 0 Å². The molecule has 110 valence electrons. The number of thioether (sulfide) groups is 1. The molecule has 2 nitrogen and oxygen atoms in total. The third kappa shape index (κ3) is 3.09. The molecule has 3 rings (SSSR count). The summed E-state index contributed by atoms with van der Waals surface area (Å²) in [5.41, 5.74) is 2.46. The SMILES string of the molecule is CSCC(C)CNC1c2ccccc2Oc2ccccc21. The maximum absolute atomic E-state index is 6.02. The highest BCUT2D eigenvalue weighted by atomic mass is 32.2. The zero-order chi connectivity index (χ0) is 14.7. The zero-order valence-corrected chi connectivity index (χ0v) is 13.3. The van der Waals surface area contributed by atoms with E-state index >= 15 is 0 Å². The Labute approximate surface area is 130 Å². The van der Waals surface area contributed by atoms with Gasteiger partial charge >= 0.3 is 0 Å². The largest absolute Gasteiger partial charge is 0.457 e. The van der Waals surface area contributed by atoms with Gasteiger partial charge in [-0.3, -0.25) is 0 Å². The van der Waals surface area contributed by atoms with Crippen LogP contribution in [0.15, 0.2) is 48.5 Å². The summed E-state index contributed by atoms with van der Waals surface area (Å²) in [4.78, 5) is 0. The number of benzene rings is 2. The van der Waals surface area contributed by atoms with Crippen molar-refractivity contribution in [1.82, 2.24) is 5.32 Å².